The van der Waals surface area contributed by atoms with Gasteiger partial charge in [0, 0.05) is 13.1 Å². The molecule has 23 heavy (non-hydrogen) atoms. The van der Waals surface area contributed by atoms with Crippen LogP contribution in [0, 0.1) is 0 Å². The normalized spacial score (nSPS) is 16.0. The van der Waals surface area contributed by atoms with Crippen molar-refractivity contribution in [1.29, 1.82) is 0 Å². The molecule has 1 amide bonds. The van der Waals surface area contributed by atoms with E-state index in [1.165, 1.54) is 16.4 Å². The molecule has 126 valence electrons. The summed E-state index contributed by atoms with van der Waals surface area (Å²) < 4.78 is 31.1. The van der Waals surface area contributed by atoms with Gasteiger partial charge in [-0.15, -0.1) is 0 Å². The number of ether oxygens (including phenoxy) is 1. The monoisotopic (exact) mass is 340 g/mol. The van der Waals surface area contributed by atoms with Crippen LogP contribution in [0.2, 0.25) is 0 Å². The molecule has 0 radical (unpaired) electrons. The van der Waals surface area contributed by atoms with E-state index in [-0.39, 0.29) is 11.3 Å². The summed E-state index contributed by atoms with van der Waals surface area (Å²) in [5, 5.41) is 0. The van der Waals surface area contributed by atoms with E-state index in [0.717, 1.165) is 19.3 Å². The fraction of sp³-hybridized carbons (Fsp3) is 0.467. The van der Waals surface area contributed by atoms with Gasteiger partial charge in [-0.05, 0) is 30.5 Å². The molecule has 0 atom stereocenters. The van der Waals surface area contributed by atoms with E-state index < -0.39 is 28.5 Å². The number of sulfonamides is 1. The van der Waals surface area contributed by atoms with Gasteiger partial charge in [-0.3, -0.25) is 9.59 Å². The van der Waals surface area contributed by atoms with E-state index in [2.05, 4.69) is 4.74 Å². The number of hydrogen-bond acceptors (Lipinski definition) is 5. The number of rotatable bonds is 6. The van der Waals surface area contributed by atoms with Crippen LogP contribution in [0.15, 0.2) is 29.2 Å². The second-order valence-corrected chi connectivity index (χ2v) is 7.35. The Balaban J connectivity index is 2.01. The summed E-state index contributed by atoms with van der Waals surface area (Å²) >= 11 is 0. The van der Waals surface area contributed by atoms with Crippen LogP contribution in [0.1, 0.15) is 24.8 Å². The van der Waals surface area contributed by atoms with E-state index in [1.807, 2.05) is 0 Å². The van der Waals surface area contributed by atoms with Gasteiger partial charge in [0.1, 0.15) is 0 Å². The molecule has 1 saturated heterocycles. The summed E-state index contributed by atoms with van der Waals surface area (Å²) in [5.41, 5.74) is 5.49. The topological polar surface area (TPSA) is 107 Å². The Hall–Kier alpha value is -1.93. The van der Waals surface area contributed by atoms with Crippen LogP contribution in [0.5, 0.6) is 0 Å². The van der Waals surface area contributed by atoms with Crippen molar-refractivity contribution in [2.45, 2.75) is 30.6 Å². The quantitative estimate of drug-likeness (QED) is 0.756. The molecule has 0 spiro atoms. The smallest absolute Gasteiger partial charge is 0.310 e. The minimum absolute atomic E-state index is 0.0443. The van der Waals surface area contributed by atoms with Crippen molar-refractivity contribution in [3.8, 4) is 0 Å². The lowest BCUT2D eigenvalue weighted by atomic mass is 10.1. The van der Waals surface area contributed by atoms with Gasteiger partial charge in [-0.1, -0.05) is 18.6 Å². The van der Waals surface area contributed by atoms with Gasteiger partial charge in [0.25, 0.3) is 5.91 Å². The highest BCUT2D eigenvalue weighted by atomic mass is 32.2. The molecule has 1 heterocycles. The number of benzene rings is 1. The van der Waals surface area contributed by atoms with Crippen molar-refractivity contribution in [2.75, 3.05) is 19.7 Å². The number of nitrogens with zero attached hydrogens (tertiary/aromatic N) is 1. The Morgan fingerprint density at radius 3 is 2.26 bits per heavy atom. The molecule has 1 aliphatic rings. The van der Waals surface area contributed by atoms with Crippen LogP contribution >= 0.6 is 0 Å². The molecule has 0 aromatic heterocycles. The second-order valence-electron chi connectivity index (χ2n) is 5.41. The van der Waals surface area contributed by atoms with Crippen LogP contribution in [0.4, 0.5) is 0 Å². The number of primary amides is 1. The maximum atomic E-state index is 12.5. The molecule has 0 bridgehead atoms. The average molecular weight is 340 g/mol. The van der Waals surface area contributed by atoms with Crippen LogP contribution in [0.25, 0.3) is 0 Å². The standard InChI is InChI=1S/C15H20N2O5S/c16-14(18)11-22-15(19)10-12-4-6-13(7-5-12)23(20,21)17-8-2-1-3-9-17/h4-7H,1-3,8-11H2,(H2,16,18). The van der Waals surface area contributed by atoms with Crippen molar-refractivity contribution >= 4 is 21.9 Å². The highest BCUT2D eigenvalue weighted by Crippen LogP contribution is 2.21. The lowest BCUT2D eigenvalue weighted by Gasteiger charge is -2.25. The number of esters is 1. The van der Waals surface area contributed by atoms with Gasteiger partial charge in [0.2, 0.25) is 10.0 Å². The first-order valence-electron chi connectivity index (χ1n) is 7.42. The van der Waals surface area contributed by atoms with E-state index in [9.17, 15) is 18.0 Å². The van der Waals surface area contributed by atoms with Gasteiger partial charge in [-0.2, -0.15) is 4.31 Å². The van der Waals surface area contributed by atoms with Gasteiger partial charge in [0.15, 0.2) is 6.61 Å². The molecule has 7 nitrogen and oxygen atoms in total. The third-order valence-electron chi connectivity index (χ3n) is 3.60. The second kappa shape index (κ2) is 7.56. The lowest BCUT2D eigenvalue weighted by Crippen LogP contribution is -2.35. The Morgan fingerprint density at radius 1 is 1.09 bits per heavy atom. The Labute approximate surface area is 135 Å². The first-order chi connectivity index (χ1) is 10.9. The predicted octanol–water partition coefficient (Wildman–Crippen LogP) is 0.432. The maximum Gasteiger partial charge on any atom is 0.310 e. The minimum Gasteiger partial charge on any atom is -0.455 e. The number of amides is 1. The number of piperidine rings is 1. The average Bonchev–Trinajstić information content (AvgIpc) is 2.54. The Bertz CT molecular complexity index is 664. The zero-order valence-electron chi connectivity index (χ0n) is 12.7. The van der Waals surface area contributed by atoms with Crippen molar-refractivity contribution < 1.29 is 22.7 Å². The van der Waals surface area contributed by atoms with Gasteiger partial charge in [0.05, 0.1) is 11.3 Å². The molecule has 1 fully saturated rings. The van der Waals surface area contributed by atoms with Gasteiger partial charge < -0.3 is 10.5 Å². The molecule has 1 aromatic carbocycles. The Kier molecular flexibility index (Phi) is 5.73. The molecule has 8 heteroatoms. The third kappa shape index (κ3) is 4.77. The predicted molar refractivity (Wildman–Crippen MR) is 82.9 cm³/mol. The number of nitrogens with two attached hydrogens (primary N) is 1. The fourth-order valence-electron chi connectivity index (χ4n) is 2.40. The van der Waals surface area contributed by atoms with E-state index in [4.69, 9.17) is 5.73 Å². The van der Waals surface area contributed by atoms with Crippen molar-refractivity contribution in [3.63, 3.8) is 0 Å². The summed E-state index contributed by atoms with van der Waals surface area (Å²) in [7, 11) is -3.47. The fourth-order valence-corrected chi connectivity index (χ4v) is 3.92. The molecule has 0 aliphatic carbocycles. The zero-order valence-corrected chi connectivity index (χ0v) is 13.5. The van der Waals surface area contributed by atoms with Crippen LogP contribution in [-0.2, 0) is 30.8 Å². The SMILES string of the molecule is NC(=O)COC(=O)Cc1ccc(S(=O)(=O)N2CCCCC2)cc1. The lowest BCUT2D eigenvalue weighted by molar-refractivity contribution is -0.147. The number of carbonyl (C=O) groups excluding carboxylic acids is 2. The summed E-state index contributed by atoms with van der Waals surface area (Å²) in [6.07, 6.45) is 2.77. The molecular formula is C15H20N2O5S. The van der Waals surface area contributed by atoms with Crippen molar-refractivity contribution in [1.82, 2.24) is 4.31 Å². The van der Waals surface area contributed by atoms with Crippen LogP contribution in [-0.4, -0.2) is 44.3 Å². The zero-order chi connectivity index (χ0) is 16.9. The molecule has 1 aliphatic heterocycles. The first kappa shape index (κ1) is 17.4. The highest BCUT2D eigenvalue weighted by Gasteiger charge is 2.25. The van der Waals surface area contributed by atoms with E-state index in [0.29, 0.717) is 18.7 Å². The first-order valence-corrected chi connectivity index (χ1v) is 8.86. The largest absolute Gasteiger partial charge is 0.455 e. The summed E-state index contributed by atoms with van der Waals surface area (Å²) in [6, 6.07) is 6.12. The molecule has 2 rings (SSSR count). The van der Waals surface area contributed by atoms with Crippen molar-refractivity contribution in [3.05, 3.63) is 29.8 Å². The van der Waals surface area contributed by atoms with Crippen LogP contribution < -0.4 is 5.73 Å². The van der Waals surface area contributed by atoms with Crippen LogP contribution in [0.3, 0.4) is 0 Å². The third-order valence-corrected chi connectivity index (χ3v) is 5.51. The summed E-state index contributed by atoms with van der Waals surface area (Å²) in [6.45, 7) is 0.632. The molecule has 1 aromatic rings. The number of carbonyl (C=O) groups is 2. The highest BCUT2D eigenvalue weighted by molar-refractivity contribution is 7.89. The van der Waals surface area contributed by atoms with Gasteiger partial charge in [-0.25, -0.2) is 8.42 Å². The number of hydrogen-bond donors (Lipinski definition) is 1. The molecule has 2 N–H and O–H groups in total. The maximum absolute atomic E-state index is 12.5. The van der Waals surface area contributed by atoms with Crippen molar-refractivity contribution in [2.24, 2.45) is 5.73 Å². The van der Waals surface area contributed by atoms with E-state index >= 15 is 0 Å². The summed E-state index contributed by atoms with van der Waals surface area (Å²) in [4.78, 5) is 22.2. The minimum atomic E-state index is -3.47. The molecular weight excluding hydrogens is 320 g/mol. The Morgan fingerprint density at radius 2 is 1.70 bits per heavy atom. The molecule has 0 unspecified atom stereocenters. The molecule has 0 saturated carbocycles. The summed E-state index contributed by atoms with van der Waals surface area (Å²) in [5.74, 6) is -1.31. The van der Waals surface area contributed by atoms with Gasteiger partial charge >= 0.3 is 5.97 Å². The van der Waals surface area contributed by atoms with E-state index in [1.54, 1.807) is 12.1 Å².